The minimum atomic E-state index is -0.765. The Bertz CT molecular complexity index is 1070. The second-order valence-electron chi connectivity index (χ2n) is 21.3. The summed E-state index contributed by atoms with van der Waals surface area (Å²) < 4.78 is 16.9. The summed E-state index contributed by atoms with van der Waals surface area (Å²) in [6, 6.07) is 0. The predicted molar refractivity (Wildman–Crippen MR) is 298 cm³/mol. The molecule has 0 saturated heterocycles. The third kappa shape index (κ3) is 56.9. The number of ether oxygens (including phenoxy) is 3. The van der Waals surface area contributed by atoms with Crippen LogP contribution in [0.15, 0.2) is 12.2 Å². The number of unbranched alkanes of at least 4 members (excludes halogenated alkanes) is 45. The summed E-state index contributed by atoms with van der Waals surface area (Å²) in [7, 11) is 0. The fourth-order valence-corrected chi connectivity index (χ4v) is 9.56. The van der Waals surface area contributed by atoms with Gasteiger partial charge in [-0.1, -0.05) is 303 Å². The van der Waals surface area contributed by atoms with E-state index in [0.717, 1.165) is 57.8 Å². The minimum Gasteiger partial charge on any atom is -0.462 e. The van der Waals surface area contributed by atoms with Gasteiger partial charge in [-0.3, -0.25) is 14.4 Å². The normalized spacial score (nSPS) is 12.0. The first-order valence-corrected chi connectivity index (χ1v) is 31.2. The fourth-order valence-electron chi connectivity index (χ4n) is 9.56. The van der Waals surface area contributed by atoms with E-state index in [0.29, 0.717) is 19.3 Å². The lowest BCUT2D eigenvalue weighted by Gasteiger charge is -2.18. The SMILES string of the molecule is CCCCCCCC/C=C\CCCCCCCCCCCC(=O)OC[C@@H](COC(=O)CCCCCCCCCCCCCCCCC)OC(=O)CCCCCCCCCCCCCCCCCCC. The Labute approximate surface area is 431 Å². The maximum atomic E-state index is 12.9. The van der Waals surface area contributed by atoms with Crippen molar-refractivity contribution in [1.82, 2.24) is 0 Å². The van der Waals surface area contributed by atoms with Crippen LogP contribution >= 0.6 is 0 Å². The zero-order valence-electron chi connectivity index (χ0n) is 46.9. The summed E-state index contributed by atoms with van der Waals surface area (Å²) in [5.41, 5.74) is 0. The summed E-state index contributed by atoms with van der Waals surface area (Å²) in [5, 5.41) is 0. The molecule has 6 nitrogen and oxygen atoms in total. The average molecular weight is 974 g/mol. The molecule has 0 amide bonds. The molecule has 0 aromatic rings. The first-order chi connectivity index (χ1) is 34.0. The molecule has 0 spiro atoms. The number of allylic oxidation sites excluding steroid dienone is 2. The van der Waals surface area contributed by atoms with Crippen LogP contribution in [0.25, 0.3) is 0 Å². The lowest BCUT2D eigenvalue weighted by molar-refractivity contribution is -0.167. The molecule has 0 aliphatic rings. The minimum absolute atomic E-state index is 0.0639. The lowest BCUT2D eigenvalue weighted by Crippen LogP contribution is -2.30. The smallest absolute Gasteiger partial charge is 0.306 e. The number of hydrogen-bond donors (Lipinski definition) is 0. The molecule has 0 radical (unpaired) electrons. The molecule has 0 aromatic heterocycles. The predicted octanol–water partition coefficient (Wildman–Crippen LogP) is 20.9. The highest BCUT2D eigenvalue weighted by atomic mass is 16.6. The summed E-state index contributed by atoms with van der Waals surface area (Å²) in [4.78, 5) is 38.3. The van der Waals surface area contributed by atoms with Gasteiger partial charge in [0.25, 0.3) is 0 Å². The Balaban J connectivity index is 4.30. The van der Waals surface area contributed by atoms with Crippen LogP contribution in [0, 0.1) is 0 Å². The number of esters is 3. The van der Waals surface area contributed by atoms with Crippen LogP contribution in [0.5, 0.6) is 0 Å². The van der Waals surface area contributed by atoms with E-state index in [1.54, 1.807) is 0 Å². The molecular weight excluding hydrogens is 853 g/mol. The molecule has 0 unspecified atom stereocenters. The second kappa shape index (κ2) is 58.7. The quantitative estimate of drug-likeness (QED) is 0.0261. The molecule has 0 N–H and O–H groups in total. The molecule has 0 heterocycles. The molecule has 0 saturated carbocycles. The first kappa shape index (κ1) is 67.1. The molecular formula is C63H120O6. The van der Waals surface area contributed by atoms with E-state index in [4.69, 9.17) is 14.2 Å². The zero-order valence-corrected chi connectivity index (χ0v) is 46.9. The lowest BCUT2D eigenvalue weighted by atomic mass is 10.0. The summed E-state index contributed by atoms with van der Waals surface area (Å²) in [5.74, 6) is -0.836. The molecule has 0 rings (SSSR count). The van der Waals surface area contributed by atoms with E-state index in [1.165, 1.54) is 257 Å². The Morgan fingerprint density at radius 2 is 0.478 bits per heavy atom. The van der Waals surface area contributed by atoms with Crippen molar-refractivity contribution in [3.05, 3.63) is 12.2 Å². The van der Waals surface area contributed by atoms with Gasteiger partial charge in [-0.2, -0.15) is 0 Å². The van der Waals surface area contributed by atoms with Crippen LogP contribution in [0.3, 0.4) is 0 Å². The van der Waals surface area contributed by atoms with Crippen LogP contribution < -0.4 is 0 Å². The van der Waals surface area contributed by atoms with Gasteiger partial charge in [0.05, 0.1) is 0 Å². The van der Waals surface area contributed by atoms with Gasteiger partial charge in [0.1, 0.15) is 13.2 Å². The molecule has 69 heavy (non-hydrogen) atoms. The molecule has 408 valence electrons. The standard InChI is InChI=1S/C63H120O6/c1-4-7-10-13-16-19-22-25-28-30-31-33-35-38-41-44-47-50-53-56-62(65)68-59-60(58-67-61(64)55-52-49-46-43-40-37-34-27-24-21-18-15-12-9-6-3)69-63(66)57-54-51-48-45-42-39-36-32-29-26-23-20-17-14-11-8-5-2/h25,28,60H,4-24,26-27,29-59H2,1-3H3/b28-25-/t60-/m1/s1. The van der Waals surface area contributed by atoms with Gasteiger partial charge in [0, 0.05) is 19.3 Å². The molecule has 0 aromatic carbocycles. The van der Waals surface area contributed by atoms with Crippen molar-refractivity contribution in [2.24, 2.45) is 0 Å². The van der Waals surface area contributed by atoms with Crippen LogP contribution in [-0.4, -0.2) is 37.2 Å². The molecule has 0 bridgehead atoms. The number of rotatable bonds is 58. The highest BCUT2D eigenvalue weighted by Gasteiger charge is 2.19. The largest absolute Gasteiger partial charge is 0.462 e. The van der Waals surface area contributed by atoms with Gasteiger partial charge < -0.3 is 14.2 Å². The van der Waals surface area contributed by atoms with Crippen molar-refractivity contribution >= 4 is 17.9 Å². The maximum absolute atomic E-state index is 12.9. The van der Waals surface area contributed by atoms with Gasteiger partial charge >= 0.3 is 17.9 Å². The topological polar surface area (TPSA) is 78.9 Å². The number of carbonyl (C=O) groups excluding carboxylic acids is 3. The summed E-state index contributed by atoms with van der Waals surface area (Å²) in [6.45, 7) is 6.71. The van der Waals surface area contributed by atoms with E-state index >= 15 is 0 Å². The molecule has 0 aliphatic carbocycles. The van der Waals surface area contributed by atoms with E-state index in [-0.39, 0.29) is 31.1 Å². The third-order valence-corrected chi connectivity index (χ3v) is 14.3. The van der Waals surface area contributed by atoms with E-state index < -0.39 is 6.10 Å². The Hall–Kier alpha value is -1.85. The number of hydrogen-bond acceptors (Lipinski definition) is 6. The van der Waals surface area contributed by atoms with Crippen molar-refractivity contribution in [2.45, 2.75) is 361 Å². The fraction of sp³-hybridized carbons (Fsp3) is 0.921. The molecule has 1 atom stereocenters. The summed E-state index contributed by atoms with van der Waals surface area (Å²) >= 11 is 0. The zero-order chi connectivity index (χ0) is 50.0. The molecule has 6 heteroatoms. The van der Waals surface area contributed by atoms with Crippen LogP contribution in [0.4, 0.5) is 0 Å². The highest BCUT2D eigenvalue weighted by Crippen LogP contribution is 2.18. The van der Waals surface area contributed by atoms with Crippen molar-refractivity contribution < 1.29 is 28.6 Å². The van der Waals surface area contributed by atoms with Gasteiger partial charge in [0.15, 0.2) is 6.10 Å². The van der Waals surface area contributed by atoms with E-state index in [9.17, 15) is 14.4 Å². The van der Waals surface area contributed by atoms with Gasteiger partial charge in [0.2, 0.25) is 0 Å². The van der Waals surface area contributed by atoms with E-state index in [1.807, 2.05) is 0 Å². The third-order valence-electron chi connectivity index (χ3n) is 14.3. The van der Waals surface area contributed by atoms with E-state index in [2.05, 4.69) is 32.9 Å². The Morgan fingerprint density at radius 1 is 0.275 bits per heavy atom. The van der Waals surface area contributed by atoms with Crippen molar-refractivity contribution in [2.75, 3.05) is 13.2 Å². The Kier molecular flexibility index (Phi) is 57.1. The van der Waals surface area contributed by atoms with Crippen LogP contribution in [-0.2, 0) is 28.6 Å². The van der Waals surface area contributed by atoms with Crippen LogP contribution in [0.1, 0.15) is 355 Å². The average Bonchev–Trinajstić information content (AvgIpc) is 3.35. The van der Waals surface area contributed by atoms with Crippen molar-refractivity contribution in [3.8, 4) is 0 Å². The first-order valence-electron chi connectivity index (χ1n) is 31.2. The molecule has 0 aliphatic heterocycles. The Morgan fingerprint density at radius 3 is 0.725 bits per heavy atom. The molecule has 0 fully saturated rings. The number of carbonyl (C=O) groups is 3. The second-order valence-corrected chi connectivity index (χ2v) is 21.3. The van der Waals surface area contributed by atoms with Crippen LogP contribution in [0.2, 0.25) is 0 Å². The monoisotopic (exact) mass is 973 g/mol. The highest BCUT2D eigenvalue weighted by molar-refractivity contribution is 5.71. The van der Waals surface area contributed by atoms with Gasteiger partial charge in [-0.15, -0.1) is 0 Å². The maximum Gasteiger partial charge on any atom is 0.306 e. The van der Waals surface area contributed by atoms with Gasteiger partial charge in [-0.05, 0) is 44.9 Å². The van der Waals surface area contributed by atoms with Crippen molar-refractivity contribution in [3.63, 3.8) is 0 Å². The van der Waals surface area contributed by atoms with Gasteiger partial charge in [-0.25, -0.2) is 0 Å². The summed E-state index contributed by atoms with van der Waals surface area (Å²) in [6.07, 6.45) is 67.8. The van der Waals surface area contributed by atoms with Crippen molar-refractivity contribution in [1.29, 1.82) is 0 Å².